The van der Waals surface area contributed by atoms with Gasteiger partial charge in [-0.15, -0.1) is 0 Å². The van der Waals surface area contributed by atoms with Gasteiger partial charge in [0, 0.05) is 6.04 Å². The van der Waals surface area contributed by atoms with Gasteiger partial charge in [0.25, 0.3) is 0 Å². The molecule has 0 aliphatic carbocycles. The van der Waals surface area contributed by atoms with Gasteiger partial charge in [0.05, 0.1) is 12.5 Å². The average Bonchev–Trinajstić information content (AvgIpc) is 2.27. The van der Waals surface area contributed by atoms with Crippen LogP contribution in [-0.2, 0) is 9.53 Å². The lowest BCUT2D eigenvalue weighted by atomic mass is 9.80. The molecular formula is C13H18FNO2. The number of ether oxygens (including phenoxy) is 1. The minimum Gasteiger partial charge on any atom is -0.469 e. The first-order chi connectivity index (χ1) is 7.80. The van der Waals surface area contributed by atoms with Crippen LogP contribution in [0.15, 0.2) is 18.2 Å². The number of nitrogens with two attached hydrogens (primary N) is 1. The van der Waals surface area contributed by atoms with Crippen LogP contribution in [0.4, 0.5) is 4.39 Å². The summed E-state index contributed by atoms with van der Waals surface area (Å²) in [6.07, 6.45) is 0. The van der Waals surface area contributed by atoms with Crippen molar-refractivity contribution in [2.45, 2.75) is 26.8 Å². The van der Waals surface area contributed by atoms with Crippen molar-refractivity contribution >= 4 is 5.97 Å². The minimum absolute atomic E-state index is 0.311. The van der Waals surface area contributed by atoms with Gasteiger partial charge in [-0.05, 0) is 44.0 Å². The summed E-state index contributed by atoms with van der Waals surface area (Å²) in [5.74, 6) is -0.692. The predicted molar refractivity (Wildman–Crippen MR) is 63.9 cm³/mol. The monoisotopic (exact) mass is 239 g/mol. The molecule has 0 bridgehead atoms. The van der Waals surface area contributed by atoms with E-state index >= 15 is 0 Å². The lowest BCUT2D eigenvalue weighted by Crippen LogP contribution is -2.37. The van der Waals surface area contributed by atoms with Crippen LogP contribution in [0.2, 0.25) is 0 Å². The number of carbonyl (C=O) groups is 1. The summed E-state index contributed by atoms with van der Waals surface area (Å²) in [5.41, 5.74) is 6.71. The second-order valence-electron chi connectivity index (χ2n) is 4.69. The SMILES string of the molecule is COC(=O)C(C)(C)[C@@H](N)c1ccc(F)cc1C. The molecular weight excluding hydrogens is 221 g/mol. The average molecular weight is 239 g/mol. The molecule has 0 aliphatic rings. The lowest BCUT2D eigenvalue weighted by Gasteiger charge is -2.29. The Morgan fingerprint density at radius 3 is 2.53 bits per heavy atom. The number of hydrogen-bond donors (Lipinski definition) is 1. The van der Waals surface area contributed by atoms with Gasteiger partial charge < -0.3 is 10.5 Å². The molecule has 0 spiro atoms. The van der Waals surface area contributed by atoms with Crippen LogP contribution in [0.25, 0.3) is 0 Å². The number of esters is 1. The molecule has 0 aliphatic heterocycles. The lowest BCUT2D eigenvalue weighted by molar-refractivity contribution is -0.152. The summed E-state index contributed by atoms with van der Waals surface area (Å²) < 4.78 is 17.7. The Labute approximate surface area is 101 Å². The third-order valence-electron chi connectivity index (χ3n) is 3.06. The number of carbonyl (C=O) groups excluding carboxylic acids is 1. The van der Waals surface area contributed by atoms with E-state index in [-0.39, 0.29) is 11.8 Å². The topological polar surface area (TPSA) is 52.3 Å². The maximum Gasteiger partial charge on any atom is 0.313 e. The van der Waals surface area contributed by atoms with E-state index < -0.39 is 11.5 Å². The van der Waals surface area contributed by atoms with Crippen LogP contribution in [0.5, 0.6) is 0 Å². The molecule has 1 rings (SSSR count). The Balaban J connectivity index is 3.11. The molecule has 94 valence electrons. The van der Waals surface area contributed by atoms with Crippen LogP contribution in [0.3, 0.4) is 0 Å². The van der Waals surface area contributed by atoms with Gasteiger partial charge in [-0.1, -0.05) is 6.07 Å². The zero-order valence-corrected chi connectivity index (χ0v) is 10.6. The number of rotatable bonds is 3. The van der Waals surface area contributed by atoms with Gasteiger partial charge >= 0.3 is 5.97 Å². The van der Waals surface area contributed by atoms with Gasteiger partial charge in [-0.2, -0.15) is 0 Å². The van der Waals surface area contributed by atoms with Gasteiger partial charge in [0.2, 0.25) is 0 Å². The van der Waals surface area contributed by atoms with Crippen molar-refractivity contribution in [1.82, 2.24) is 0 Å². The number of halogens is 1. The number of methoxy groups -OCH3 is 1. The fourth-order valence-electron chi connectivity index (χ4n) is 1.77. The second kappa shape index (κ2) is 4.84. The normalized spacial score (nSPS) is 13.3. The van der Waals surface area contributed by atoms with E-state index in [0.29, 0.717) is 0 Å². The highest BCUT2D eigenvalue weighted by atomic mass is 19.1. The summed E-state index contributed by atoms with van der Waals surface area (Å²) in [5, 5.41) is 0. The van der Waals surface area contributed by atoms with Crippen LogP contribution in [0.1, 0.15) is 31.0 Å². The highest BCUT2D eigenvalue weighted by molar-refractivity contribution is 5.77. The quantitative estimate of drug-likeness (QED) is 0.824. The summed E-state index contributed by atoms with van der Waals surface area (Å²) in [4.78, 5) is 11.7. The number of benzene rings is 1. The standard InChI is InChI=1S/C13H18FNO2/c1-8-7-9(14)5-6-10(8)11(15)13(2,3)12(16)17-4/h5-7,11H,15H2,1-4H3/t11-/m0/s1. The molecule has 0 saturated carbocycles. The molecule has 4 heteroatoms. The molecule has 3 nitrogen and oxygen atoms in total. The molecule has 0 heterocycles. The minimum atomic E-state index is -0.850. The van der Waals surface area contributed by atoms with Gasteiger partial charge in [0.1, 0.15) is 5.82 Å². The molecule has 0 saturated heterocycles. The van der Waals surface area contributed by atoms with Crippen molar-refractivity contribution in [1.29, 1.82) is 0 Å². The zero-order valence-electron chi connectivity index (χ0n) is 10.6. The van der Waals surface area contributed by atoms with Gasteiger partial charge in [-0.25, -0.2) is 4.39 Å². The van der Waals surface area contributed by atoms with E-state index in [2.05, 4.69) is 0 Å². The van der Waals surface area contributed by atoms with Crippen LogP contribution in [-0.4, -0.2) is 13.1 Å². The summed E-state index contributed by atoms with van der Waals surface area (Å²) in [7, 11) is 1.33. The molecule has 1 aromatic carbocycles. The Morgan fingerprint density at radius 1 is 1.47 bits per heavy atom. The summed E-state index contributed by atoms with van der Waals surface area (Å²) in [6.45, 7) is 5.20. The molecule has 0 unspecified atom stereocenters. The summed E-state index contributed by atoms with van der Waals surface area (Å²) >= 11 is 0. The predicted octanol–water partition coefficient (Wildman–Crippen LogP) is 2.33. The van der Waals surface area contributed by atoms with Crippen molar-refractivity contribution < 1.29 is 13.9 Å². The van der Waals surface area contributed by atoms with Crippen LogP contribution in [0, 0.1) is 18.2 Å². The fourth-order valence-corrected chi connectivity index (χ4v) is 1.77. The zero-order chi connectivity index (χ0) is 13.2. The Kier molecular flexibility index (Phi) is 3.88. The molecule has 0 aromatic heterocycles. The molecule has 0 fully saturated rings. The van der Waals surface area contributed by atoms with Crippen molar-refractivity contribution in [3.63, 3.8) is 0 Å². The fraction of sp³-hybridized carbons (Fsp3) is 0.462. The third-order valence-corrected chi connectivity index (χ3v) is 3.06. The van der Waals surface area contributed by atoms with Gasteiger partial charge in [0.15, 0.2) is 0 Å². The van der Waals surface area contributed by atoms with Crippen molar-refractivity contribution in [3.8, 4) is 0 Å². The van der Waals surface area contributed by atoms with E-state index in [0.717, 1.165) is 11.1 Å². The molecule has 17 heavy (non-hydrogen) atoms. The van der Waals surface area contributed by atoms with Crippen molar-refractivity contribution in [3.05, 3.63) is 35.1 Å². The van der Waals surface area contributed by atoms with Crippen molar-refractivity contribution in [2.75, 3.05) is 7.11 Å². The third kappa shape index (κ3) is 2.64. The highest BCUT2D eigenvalue weighted by Gasteiger charge is 2.37. The first-order valence-corrected chi connectivity index (χ1v) is 5.40. The van der Waals surface area contributed by atoms with Gasteiger partial charge in [-0.3, -0.25) is 4.79 Å². The maximum atomic E-state index is 13.0. The van der Waals surface area contributed by atoms with Crippen LogP contribution >= 0.6 is 0 Å². The smallest absolute Gasteiger partial charge is 0.313 e. The number of aryl methyl sites for hydroxylation is 1. The van der Waals surface area contributed by atoms with E-state index in [1.165, 1.54) is 19.2 Å². The molecule has 0 amide bonds. The largest absolute Gasteiger partial charge is 0.469 e. The molecule has 0 radical (unpaired) electrons. The first kappa shape index (κ1) is 13.6. The van der Waals surface area contributed by atoms with E-state index in [1.807, 2.05) is 0 Å². The summed E-state index contributed by atoms with van der Waals surface area (Å²) in [6, 6.07) is 3.83. The Bertz CT molecular complexity index is 429. The van der Waals surface area contributed by atoms with Crippen LogP contribution < -0.4 is 5.73 Å². The Hall–Kier alpha value is -1.42. The number of hydrogen-bond acceptors (Lipinski definition) is 3. The van der Waals surface area contributed by atoms with E-state index in [1.54, 1.807) is 26.8 Å². The van der Waals surface area contributed by atoms with E-state index in [9.17, 15) is 9.18 Å². The van der Waals surface area contributed by atoms with Crippen molar-refractivity contribution in [2.24, 2.45) is 11.1 Å². The maximum absolute atomic E-state index is 13.0. The highest BCUT2D eigenvalue weighted by Crippen LogP contribution is 2.34. The van der Waals surface area contributed by atoms with E-state index in [4.69, 9.17) is 10.5 Å². The first-order valence-electron chi connectivity index (χ1n) is 5.40. The molecule has 2 N–H and O–H groups in total. The molecule has 1 aromatic rings. The second-order valence-corrected chi connectivity index (χ2v) is 4.69. The molecule has 1 atom stereocenters. The Morgan fingerprint density at radius 2 is 2.06 bits per heavy atom.